The minimum Gasteiger partial charge on any atom is -0.303 e. The van der Waals surface area contributed by atoms with Crippen molar-refractivity contribution in [2.75, 3.05) is 0 Å². The third-order valence-corrected chi connectivity index (χ3v) is 4.54. The van der Waals surface area contributed by atoms with E-state index in [1.165, 1.54) is 10.3 Å². The summed E-state index contributed by atoms with van der Waals surface area (Å²) in [6.45, 7) is 0. The second-order valence-electron chi connectivity index (χ2n) is 4.85. The van der Waals surface area contributed by atoms with Crippen LogP contribution in [-0.4, -0.2) is 4.98 Å². The van der Waals surface area contributed by atoms with Crippen molar-refractivity contribution >= 4 is 21.4 Å². The number of nitrogens with zero attached hydrogens (tertiary/aromatic N) is 1. The molecule has 1 radical (unpaired) electrons. The van der Waals surface area contributed by atoms with Gasteiger partial charge in [0.1, 0.15) is 0 Å². The van der Waals surface area contributed by atoms with Gasteiger partial charge >= 0.3 is 0 Å². The summed E-state index contributed by atoms with van der Waals surface area (Å²) in [5.41, 5.74) is 3.31. The van der Waals surface area contributed by atoms with Crippen LogP contribution in [0.5, 0.6) is 0 Å². The SMILES string of the molecule is [Ir].[c-]1c(-c2ccc(-c3ccccc3)cn2)sc2ccccc12. The maximum Gasteiger partial charge on any atom is 0.0240 e. The van der Waals surface area contributed by atoms with Crippen molar-refractivity contribution in [3.63, 3.8) is 0 Å². The molecule has 0 amide bonds. The van der Waals surface area contributed by atoms with E-state index in [-0.39, 0.29) is 20.1 Å². The number of thiophene rings is 1. The Kier molecular flexibility index (Phi) is 4.49. The second kappa shape index (κ2) is 6.53. The molecule has 0 saturated carbocycles. The summed E-state index contributed by atoms with van der Waals surface area (Å²) in [6, 6.07) is 26.2. The Labute approximate surface area is 147 Å². The molecule has 0 aliphatic rings. The third-order valence-electron chi connectivity index (χ3n) is 3.45. The average molecular weight is 479 g/mol. The van der Waals surface area contributed by atoms with Crippen molar-refractivity contribution < 1.29 is 20.1 Å². The van der Waals surface area contributed by atoms with E-state index in [0.717, 1.165) is 21.5 Å². The van der Waals surface area contributed by atoms with Gasteiger partial charge in [-0.3, -0.25) is 0 Å². The Morgan fingerprint density at radius 3 is 2.27 bits per heavy atom. The van der Waals surface area contributed by atoms with Gasteiger partial charge in [0.15, 0.2) is 0 Å². The van der Waals surface area contributed by atoms with Crippen molar-refractivity contribution in [1.29, 1.82) is 0 Å². The molecule has 2 heterocycles. The molecule has 4 rings (SSSR count). The zero-order valence-electron chi connectivity index (χ0n) is 11.6. The molecule has 0 N–H and O–H groups in total. The van der Waals surface area contributed by atoms with Crippen molar-refractivity contribution in [3.05, 3.63) is 79.0 Å². The average Bonchev–Trinajstić information content (AvgIpc) is 3.00. The summed E-state index contributed by atoms with van der Waals surface area (Å²) in [4.78, 5) is 5.69. The molecule has 2 aromatic heterocycles. The van der Waals surface area contributed by atoms with Gasteiger partial charge in [-0.15, -0.1) is 23.6 Å². The maximum atomic E-state index is 4.60. The van der Waals surface area contributed by atoms with E-state index >= 15 is 0 Å². The number of benzene rings is 2. The third kappa shape index (κ3) is 2.88. The number of pyridine rings is 1. The van der Waals surface area contributed by atoms with E-state index in [1.54, 1.807) is 11.3 Å². The Morgan fingerprint density at radius 1 is 0.773 bits per heavy atom. The van der Waals surface area contributed by atoms with Crippen LogP contribution in [0.3, 0.4) is 0 Å². The zero-order chi connectivity index (χ0) is 14.1. The van der Waals surface area contributed by atoms with Crippen LogP contribution in [0, 0.1) is 6.07 Å². The van der Waals surface area contributed by atoms with Crippen LogP contribution in [0.25, 0.3) is 31.8 Å². The topological polar surface area (TPSA) is 12.9 Å². The molecule has 0 bridgehead atoms. The first-order chi connectivity index (χ1) is 10.4. The van der Waals surface area contributed by atoms with E-state index in [1.807, 2.05) is 30.5 Å². The van der Waals surface area contributed by atoms with Gasteiger partial charge in [-0.1, -0.05) is 54.6 Å². The van der Waals surface area contributed by atoms with Gasteiger partial charge in [0.2, 0.25) is 0 Å². The van der Waals surface area contributed by atoms with Gasteiger partial charge in [0.25, 0.3) is 0 Å². The number of fused-ring (bicyclic) bond motifs is 1. The summed E-state index contributed by atoms with van der Waals surface area (Å²) in [5.74, 6) is 0. The van der Waals surface area contributed by atoms with Gasteiger partial charge in [-0.2, -0.15) is 0 Å². The molecular weight excluding hydrogens is 467 g/mol. The quantitative estimate of drug-likeness (QED) is 0.350. The largest absolute Gasteiger partial charge is 0.303 e. The summed E-state index contributed by atoms with van der Waals surface area (Å²) in [6.07, 6.45) is 1.93. The molecule has 0 atom stereocenters. The molecule has 0 aliphatic heterocycles. The predicted molar refractivity (Wildman–Crippen MR) is 89.3 cm³/mol. The first-order valence-corrected chi connectivity index (χ1v) is 7.64. The number of aromatic nitrogens is 1. The molecular formula is C19H12IrNS-. The van der Waals surface area contributed by atoms with Crippen LogP contribution in [0.4, 0.5) is 0 Å². The smallest absolute Gasteiger partial charge is 0.0240 e. The van der Waals surface area contributed by atoms with Crippen molar-refractivity contribution in [2.45, 2.75) is 0 Å². The summed E-state index contributed by atoms with van der Waals surface area (Å²) < 4.78 is 1.25. The van der Waals surface area contributed by atoms with Crippen molar-refractivity contribution in [2.24, 2.45) is 0 Å². The minimum atomic E-state index is 0. The fourth-order valence-corrected chi connectivity index (χ4v) is 3.34. The van der Waals surface area contributed by atoms with E-state index in [0.29, 0.717) is 0 Å². The number of rotatable bonds is 2. The molecule has 22 heavy (non-hydrogen) atoms. The van der Waals surface area contributed by atoms with Crippen LogP contribution >= 0.6 is 11.3 Å². The molecule has 0 unspecified atom stereocenters. The summed E-state index contributed by atoms with van der Waals surface area (Å²) in [5, 5.41) is 1.16. The molecule has 3 heteroatoms. The van der Waals surface area contributed by atoms with Gasteiger partial charge in [0, 0.05) is 32.0 Å². The Balaban J connectivity index is 0.00000144. The molecule has 0 fully saturated rings. The van der Waals surface area contributed by atoms with Crippen molar-refractivity contribution in [1.82, 2.24) is 4.98 Å². The fourth-order valence-electron chi connectivity index (χ4n) is 2.36. The Hall–Kier alpha value is -1.80. The summed E-state index contributed by atoms with van der Waals surface area (Å²) in [7, 11) is 0. The molecule has 0 spiro atoms. The van der Waals surface area contributed by atoms with Gasteiger partial charge < -0.3 is 4.98 Å². The first kappa shape index (κ1) is 15.1. The van der Waals surface area contributed by atoms with Gasteiger partial charge in [-0.05, 0) is 20.7 Å². The second-order valence-corrected chi connectivity index (χ2v) is 5.90. The van der Waals surface area contributed by atoms with E-state index < -0.39 is 0 Å². The van der Waals surface area contributed by atoms with Gasteiger partial charge in [-0.25, -0.2) is 11.3 Å². The standard InChI is InChI=1S/C19H12NS.Ir/c1-2-6-14(7-3-1)16-10-11-17(20-13-16)19-12-15-8-4-5-9-18(15)21-19;/h1-11,13H;/q-1;. The Morgan fingerprint density at radius 2 is 1.55 bits per heavy atom. The molecule has 109 valence electrons. The van der Waals surface area contributed by atoms with Crippen LogP contribution in [0.1, 0.15) is 0 Å². The zero-order valence-corrected chi connectivity index (χ0v) is 14.8. The van der Waals surface area contributed by atoms with E-state index in [2.05, 4.69) is 53.5 Å². The fraction of sp³-hybridized carbons (Fsp3) is 0. The summed E-state index contributed by atoms with van der Waals surface area (Å²) >= 11 is 1.73. The molecule has 4 aromatic rings. The normalized spacial score (nSPS) is 10.4. The van der Waals surface area contributed by atoms with E-state index in [9.17, 15) is 0 Å². The minimum absolute atomic E-state index is 0. The molecule has 2 aromatic carbocycles. The van der Waals surface area contributed by atoms with Gasteiger partial charge in [0.05, 0.1) is 0 Å². The van der Waals surface area contributed by atoms with Crippen LogP contribution in [0.2, 0.25) is 0 Å². The van der Waals surface area contributed by atoms with Crippen LogP contribution in [0.15, 0.2) is 72.9 Å². The van der Waals surface area contributed by atoms with Crippen molar-refractivity contribution in [3.8, 4) is 21.7 Å². The molecule has 0 aliphatic carbocycles. The van der Waals surface area contributed by atoms with Crippen LogP contribution < -0.4 is 0 Å². The molecule has 0 saturated heterocycles. The predicted octanol–water partition coefficient (Wildman–Crippen LogP) is 5.43. The number of hydrogen-bond donors (Lipinski definition) is 0. The Bertz CT molecular complexity index is 849. The first-order valence-electron chi connectivity index (χ1n) is 6.83. The van der Waals surface area contributed by atoms with E-state index in [4.69, 9.17) is 0 Å². The van der Waals surface area contributed by atoms with Crippen LogP contribution in [-0.2, 0) is 20.1 Å². The monoisotopic (exact) mass is 479 g/mol. The number of hydrogen-bond acceptors (Lipinski definition) is 2. The molecule has 1 nitrogen and oxygen atoms in total. The maximum absolute atomic E-state index is 4.60.